The van der Waals surface area contributed by atoms with E-state index < -0.39 is 12.0 Å². The third-order valence-electron chi connectivity index (χ3n) is 2.55. The Morgan fingerprint density at radius 2 is 2.17 bits per heavy atom. The topological polar surface area (TPSA) is 78.4 Å². The Bertz CT molecular complexity index is 522. The summed E-state index contributed by atoms with van der Waals surface area (Å²) >= 11 is 0. The molecule has 1 unspecified atom stereocenters. The van der Waals surface area contributed by atoms with Crippen LogP contribution in [0.3, 0.4) is 0 Å². The van der Waals surface area contributed by atoms with Crippen molar-refractivity contribution in [1.29, 1.82) is 0 Å². The molecule has 2 aromatic rings. The lowest BCUT2D eigenvalue weighted by molar-refractivity contribution is -0.142. The van der Waals surface area contributed by atoms with Crippen LogP contribution in [0.2, 0.25) is 0 Å². The van der Waals surface area contributed by atoms with Crippen LogP contribution in [-0.4, -0.2) is 24.3 Å². The molecule has 18 heavy (non-hydrogen) atoms. The minimum Gasteiger partial charge on any atom is -0.468 e. The highest BCUT2D eigenvalue weighted by molar-refractivity contribution is 5.75. The fraction of sp³-hybridized carbons (Fsp3) is 0.231. The third kappa shape index (κ3) is 2.75. The van der Waals surface area contributed by atoms with Crippen LogP contribution in [0.1, 0.15) is 5.69 Å². The second-order valence-corrected chi connectivity index (χ2v) is 3.88. The summed E-state index contributed by atoms with van der Waals surface area (Å²) in [5, 5.41) is 3.89. The number of hydrogen-bond acceptors (Lipinski definition) is 5. The van der Waals surface area contributed by atoms with Crippen LogP contribution in [0.5, 0.6) is 0 Å². The number of nitrogens with two attached hydrogens (primary N) is 1. The fourth-order valence-electron chi connectivity index (χ4n) is 1.61. The molecule has 0 aliphatic rings. The summed E-state index contributed by atoms with van der Waals surface area (Å²) in [5.74, 6) is 0.196. The van der Waals surface area contributed by atoms with E-state index in [1.165, 1.54) is 7.11 Å². The summed E-state index contributed by atoms with van der Waals surface area (Å²) < 4.78 is 9.76. The first-order chi connectivity index (χ1) is 8.70. The summed E-state index contributed by atoms with van der Waals surface area (Å²) in [4.78, 5) is 11.2. The van der Waals surface area contributed by atoms with Crippen molar-refractivity contribution in [3.8, 4) is 11.3 Å². The zero-order chi connectivity index (χ0) is 13.0. The van der Waals surface area contributed by atoms with Crippen LogP contribution in [0.4, 0.5) is 0 Å². The second-order valence-electron chi connectivity index (χ2n) is 3.88. The summed E-state index contributed by atoms with van der Waals surface area (Å²) in [6, 6.07) is 10.7. The van der Waals surface area contributed by atoms with Crippen LogP contribution in [0.15, 0.2) is 40.9 Å². The third-order valence-corrected chi connectivity index (χ3v) is 2.55. The average Bonchev–Trinajstić information content (AvgIpc) is 2.87. The first-order valence-electron chi connectivity index (χ1n) is 5.55. The highest BCUT2D eigenvalue weighted by Gasteiger charge is 2.17. The molecular weight excluding hydrogens is 232 g/mol. The summed E-state index contributed by atoms with van der Waals surface area (Å²) in [6.45, 7) is 0. The van der Waals surface area contributed by atoms with E-state index in [9.17, 15) is 4.79 Å². The highest BCUT2D eigenvalue weighted by atomic mass is 16.5. The predicted octanol–water partition coefficient (Wildman–Crippen LogP) is 1.38. The number of ether oxygens (including phenoxy) is 1. The van der Waals surface area contributed by atoms with Gasteiger partial charge in [0, 0.05) is 18.1 Å². The van der Waals surface area contributed by atoms with Gasteiger partial charge in [-0.25, -0.2) is 0 Å². The Morgan fingerprint density at radius 3 is 2.83 bits per heavy atom. The minimum atomic E-state index is -0.719. The number of carbonyl (C=O) groups is 1. The number of methoxy groups -OCH3 is 1. The van der Waals surface area contributed by atoms with Crippen molar-refractivity contribution in [3.05, 3.63) is 42.1 Å². The largest absolute Gasteiger partial charge is 0.468 e. The molecule has 0 aliphatic heterocycles. The maximum absolute atomic E-state index is 11.2. The molecule has 0 saturated heterocycles. The summed E-state index contributed by atoms with van der Waals surface area (Å²) in [5.41, 5.74) is 7.22. The van der Waals surface area contributed by atoms with Gasteiger partial charge in [-0.2, -0.15) is 0 Å². The van der Waals surface area contributed by atoms with E-state index >= 15 is 0 Å². The second kappa shape index (κ2) is 5.46. The van der Waals surface area contributed by atoms with E-state index in [0.29, 0.717) is 17.9 Å². The predicted molar refractivity (Wildman–Crippen MR) is 65.6 cm³/mol. The molecule has 0 radical (unpaired) electrons. The number of hydrogen-bond donors (Lipinski definition) is 1. The van der Waals surface area contributed by atoms with Gasteiger partial charge in [0.15, 0.2) is 5.76 Å². The van der Waals surface area contributed by atoms with Gasteiger partial charge in [0.1, 0.15) is 6.04 Å². The van der Waals surface area contributed by atoms with Gasteiger partial charge < -0.3 is 15.0 Å². The molecule has 0 spiro atoms. The molecule has 0 saturated carbocycles. The Balaban J connectivity index is 2.09. The van der Waals surface area contributed by atoms with Gasteiger partial charge >= 0.3 is 5.97 Å². The SMILES string of the molecule is COC(=O)C(N)Cc1cc(-c2ccccc2)on1. The summed E-state index contributed by atoms with van der Waals surface area (Å²) in [6.07, 6.45) is 0.295. The molecule has 94 valence electrons. The monoisotopic (exact) mass is 246 g/mol. The van der Waals surface area contributed by atoms with Crippen LogP contribution in [0, 0.1) is 0 Å². The maximum atomic E-state index is 11.2. The molecule has 1 aromatic carbocycles. The quantitative estimate of drug-likeness (QED) is 0.824. The van der Waals surface area contributed by atoms with E-state index in [1.54, 1.807) is 6.07 Å². The molecule has 1 heterocycles. The molecule has 0 aliphatic carbocycles. The molecule has 5 nitrogen and oxygen atoms in total. The first kappa shape index (κ1) is 12.3. The Morgan fingerprint density at radius 1 is 1.44 bits per heavy atom. The fourth-order valence-corrected chi connectivity index (χ4v) is 1.61. The Kier molecular flexibility index (Phi) is 3.74. The van der Waals surface area contributed by atoms with Gasteiger partial charge in [-0.15, -0.1) is 0 Å². The Hall–Kier alpha value is -2.14. The number of carbonyl (C=O) groups excluding carboxylic acids is 1. The molecule has 5 heteroatoms. The first-order valence-corrected chi connectivity index (χ1v) is 5.55. The lowest BCUT2D eigenvalue weighted by atomic mass is 10.1. The number of nitrogens with zero attached hydrogens (tertiary/aromatic N) is 1. The van der Waals surface area contributed by atoms with Crippen molar-refractivity contribution in [1.82, 2.24) is 5.16 Å². The minimum absolute atomic E-state index is 0.295. The van der Waals surface area contributed by atoms with E-state index in [2.05, 4.69) is 9.89 Å². The van der Waals surface area contributed by atoms with Crippen molar-refractivity contribution in [2.24, 2.45) is 5.73 Å². The Labute approximate surface area is 105 Å². The van der Waals surface area contributed by atoms with Gasteiger partial charge in [0.05, 0.1) is 12.8 Å². The number of esters is 1. The van der Waals surface area contributed by atoms with Crippen LogP contribution in [-0.2, 0) is 16.0 Å². The number of aromatic nitrogens is 1. The van der Waals surface area contributed by atoms with E-state index in [0.717, 1.165) is 5.56 Å². The van der Waals surface area contributed by atoms with E-state index in [-0.39, 0.29) is 0 Å². The molecule has 2 rings (SSSR count). The molecule has 0 bridgehead atoms. The van der Waals surface area contributed by atoms with Crippen LogP contribution < -0.4 is 5.73 Å². The molecule has 1 atom stereocenters. The van der Waals surface area contributed by atoms with Crippen molar-refractivity contribution in [2.75, 3.05) is 7.11 Å². The molecule has 0 fully saturated rings. The zero-order valence-corrected chi connectivity index (χ0v) is 10.00. The van der Waals surface area contributed by atoms with Crippen LogP contribution >= 0.6 is 0 Å². The molecular formula is C13H14N2O3. The highest BCUT2D eigenvalue weighted by Crippen LogP contribution is 2.20. The summed E-state index contributed by atoms with van der Waals surface area (Å²) in [7, 11) is 1.31. The van der Waals surface area contributed by atoms with Crippen molar-refractivity contribution < 1.29 is 14.1 Å². The van der Waals surface area contributed by atoms with Gasteiger partial charge in [-0.3, -0.25) is 4.79 Å². The normalized spacial score (nSPS) is 12.1. The average molecular weight is 246 g/mol. The van der Waals surface area contributed by atoms with E-state index in [4.69, 9.17) is 10.3 Å². The van der Waals surface area contributed by atoms with Crippen LogP contribution in [0.25, 0.3) is 11.3 Å². The van der Waals surface area contributed by atoms with Gasteiger partial charge in [-0.05, 0) is 0 Å². The molecule has 2 N–H and O–H groups in total. The maximum Gasteiger partial charge on any atom is 0.323 e. The van der Waals surface area contributed by atoms with Gasteiger partial charge in [0.25, 0.3) is 0 Å². The standard InChI is InChI=1S/C13H14N2O3/c1-17-13(16)11(14)7-10-8-12(18-15-10)9-5-3-2-4-6-9/h2-6,8,11H,7,14H2,1H3. The van der Waals surface area contributed by atoms with Crippen molar-refractivity contribution >= 4 is 5.97 Å². The molecule has 1 aromatic heterocycles. The number of rotatable bonds is 4. The van der Waals surface area contributed by atoms with Gasteiger partial charge in [0.2, 0.25) is 0 Å². The smallest absolute Gasteiger partial charge is 0.323 e. The zero-order valence-electron chi connectivity index (χ0n) is 10.00. The van der Waals surface area contributed by atoms with Gasteiger partial charge in [-0.1, -0.05) is 35.5 Å². The molecule has 0 amide bonds. The van der Waals surface area contributed by atoms with E-state index in [1.807, 2.05) is 30.3 Å². The number of benzene rings is 1. The van der Waals surface area contributed by atoms with Crippen molar-refractivity contribution in [3.63, 3.8) is 0 Å². The lowest BCUT2D eigenvalue weighted by Crippen LogP contribution is -2.33. The lowest BCUT2D eigenvalue weighted by Gasteiger charge is -2.05. The van der Waals surface area contributed by atoms with Crippen molar-refractivity contribution in [2.45, 2.75) is 12.5 Å².